The first-order valence-corrected chi connectivity index (χ1v) is 6.95. The molecule has 0 bridgehead atoms. The number of methoxy groups -OCH3 is 1. The van der Waals surface area contributed by atoms with Crippen molar-refractivity contribution >= 4 is 17.7 Å². The van der Waals surface area contributed by atoms with E-state index in [1.807, 2.05) is 12.1 Å². The van der Waals surface area contributed by atoms with Crippen molar-refractivity contribution < 1.29 is 14.6 Å². The maximum Gasteiger partial charge on any atom is 0.321 e. The number of nitrogens with one attached hydrogen (secondary N) is 1. The van der Waals surface area contributed by atoms with Gasteiger partial charge in [0.15, 0.2) is 0 Å². The van der Waals surface area contributed by atoms with E-state index >= 15 is 0 Å². The van der Waals surface area contributed by atoms with Crippen LogP contribution in [0.15, 0.2) is 18.2 Å². The molecule has 2 aliphatic rings. The number of hydrogen-bond donors (Lipinski definition) is 2. The average molecular weight is 265 g/mol. The summed E-state index contributed by atoms with van der Waals surface area (Å²) in [6.45, 7) is 0. The van der Waals surface area contributed by atoms with E-state index in [1.54, 1.807) is 18.9 Å². The van der Waals surface area contributed by atoms with Crippen LogP contribution in [0.4, 0.5) is 0 Å². The van der Waals surface area contributed by atoms with Crippen LogP contribution >= 0.6 is 11.8 Å². The van der Waals surface area contributed by atoms with Crippen molar-refractivity contribution in [2.45, 2.75) is 23.8 Å². The zero-order valence-electron chi connectivity index (χ0n) is 10.1. The maximum atomic E-state index is 11.1. The highest BCUT2D eigenvalue weighted by Gasteiger charge is 2.47. The molecule has 1 aromatic carbocycles. The van der Waals surface area contributed by atoms with Gasteiger partial charge in [0.05, 0.1) is 12.0 Å². The summed E-state index contributed by atoms with van der Waals surface area (Å²) in [6.07, 6.45) is 1.94. The lowest BCUT2D eigenvalue weighted by molar-refractivity contribution is -0.138. The Morgan fingerprint density at radius 3 is 3.11 bits per heavy atom. The minimum absolute atomic E-state index is 0.229. The molecule has 1 aliphatic heterocycles. The predicted octanol–water partition coefficient (Wildman–Crippen LogP) is 1.58. The highest BCUT2D eigenvalue weighted by atomic mass is 32.2. The zero-order chi connectivity index (χ0) is 12.8. The first-order valence-electron chi connectivity index (χ1n) is 5.96. The smallest absolute Gasteiger partial charge is 0.321 e. The highest BCUT2D eigenvalue weighted by molar-refractivity contribution is 8.00. The van der Waals surface area contributed by atoms with Crippen molar-refractivity contribution in [3.05, 3.63) is 29.3 Å². The second-order valence-electron chi connectivity index (χ2n) is 4.70. The Morgan fingerprint density at radius 2 is 2.44 bits per heavy atom. The molecule has 1 spiro atoms. The van der Waals surface area contributed by atoms with E-state index in [1.165, 1.54) is 11.1 Å². The Balaban J connectivity index is 1.96. The number of fused-ring (bicyclic) bond motifs is 2. The first-order chi connectivity index (χ1) is 8.64. The fourth-order valence-electron chi connectivity index (χ4n) is 2.75. The summed E-state index contributed by atoms with van der Waals surface area (Å²) in [6, 6.07) is 5.63. The lowest BCUT2D eigenvalue weighted by atomic mass is 10.1. The van der Waals surface area contributed by atoms with Crippen molar-refractivity contribution in [2.24, 2.45) is 0 Å². The molecule has 0 aromatic heterocycles. The number of hydrogen-bond acceptors (Lipinski definition) is 4. The monoisotopic (exact) mass is 265 g/mol. The second-order valence-corrected chi connectivity index (χ2v) is 6.02. The molecule has 1 saturated heterocycles. The van der Waals surface area contributed by atoms with Gasteiger partial charge >= 0.3 is 5.97 Å². The second kappa shape index (κ2) is 4.17. The minimum Gasteiger partial charge on any atom is -0.497 e. The largest absolute Gasteiger partial charge is 0.497 e. The number of carboxylic acids is 1. The average Bonchev–Trinajstić information content (AvgIpc) is 2.96. The molecule has 1 fully saturated rings. The van der Waals surface area contributed by atoms with Gasteiger partial charge in [0.2, 0.25) is 0 Å². The van der Waals surface area contributed by atoms with Crippen LogP contribution in [0, 0.1) is 0 Å². The van der Waals surface area contributed by atoms with Gasteiger partial charge in [-0.3, -0.25) is 10.1 Å². The van der Waals surface area contributed by atoms with Gasteiger partial charge in [0.1, 0.15) is 11.8 Å². The molecule has 2 atom stereocenters. The van der Waals surface area contributed by atoms with Crippen molar-refractivity contribution in [1.82, 2.24) is 5.32 Å². The Bertz CT molecular complexity index is 505. The summed E-state index contributed by atoms with van der Waals surface area (Å²) in [7, 11) is 1.65. The summed E-state index contributed by atoms with van der Waals surface area (Å²) in [4.78, 5) is 10.8. The molecule has 1 aliphatic carbocycles. The molecule has 3 rings (SSSR count). The van der Waals surface area contributed by atoms with Gasteiger partial charge in [0.25, 0.3) is 0 Å². The van der Waals surface area contributed by atoms with Crippen molar-refractivity contribution in [3.63, 3.8) is 0 Å². The molecule has 0 amide bonds. The number of rotatable bonds is 2. The highest BCUT2D eigenvalue weighted by Crippen LogP contribution is 2.49. The van der Waals surface area contributed by atoms with Crippen LogP contribution in [0.5, 0.6) is 5.75 Å². The third kappa shape index (κ3) is 1.69. The minimum atomic E-state index is -0.768. The van der Waals surface area contributed by atoms with E-state index in [9.17, 15) is 4.79 Å². The van der Waals surface area contributed by atoms with Gasteiger partial charge in [0, 0.05) is 5.75 Å². The molecular weight excluding hydrogens is 250 g/mol. The fraction of sp³-hybridized carbons (Fsp3) is 0.462. The van der Waals surface area contributed by atoms with Crippen LogP contribution in [0.3, 0.4) is 0 Å². The quantitative estimate of drug-likeness (QED) is 0.850. The molecule has 0 saturated carbocycles. The van der Waals surface area contributed by atoms with Crippen molar-refractivity contribution in [3.8, 4) is 5.75 Å². The van der Waals surface area contributed by atoms with Crippen LogP contribution in [0.1, 0.15) is 17.5 Å². The topological polar surface area (TPSA) is 58.6 Å². The van der Waals surface area contributed by atoms with E-state index in [4.69, 9.17) is 9.84 Å². The number of carbonyl (C=O) groups is 1. The number of aryl methyl sites for hydroxylation is 1. The van der Waals surface area contributed by atoms with E-state index < -0.39 is 12.0 Å². The SMILES string of the molecule is COc1ccc2c(c1)C1(CC2)NC(C(=O)O)CS1. The Morgan fingerprint density at radius 1 is 1.61 bits per heavy atom. The molecule has 5 heteroatoms. The van der Waals surface area contributed by atoms with Gasteiger partial charge in [-0.2, -0.15) is 0 Å². The van der Waals surface area contributed by atoms with E-state index in [-0.39, 0.29) is 4.87 Å². The molecule has 0 radical (unpaired) electrons. The summed E-state index contributed by atoms with van der Waals surface area (Å²) >= 11 is 1.70. The lowest BCUT2D eigenvalue weighted by Gasteiger charge is -2.25. The van der Waals surface area contributed by atoms with Crippen LogP contribution < -0.4 is 10.1 Å². The van der Waals surface area contributed by atoms with E-state index in [0.29, 0.717) is 5.75 Å². The van der Waals surface area contributed by atoms with E-state index in [2.05, 4.69) is 11.4 Å². The first kappa shape index (κ1) is 11.9. The molecule has 1 aromatic rings. The van der Waals surface area contributed by atoms with Gasteiger partial charge in [-0.15, -0.1) is 11.8 Å². The Hall–Kier alpha value is -1.20. The maximum absolute atomic E-state index is 11.1. The number of ether oxygens (including phenoxy) is 1. The molecule has 2 N–H and O–H groups in total. The normalized spacial score (nSPS) is 29.5. The van der Waals surface area contributed by atoms with E-state index in [0.717, 1.165) is 18.6 Å². The van der Waals surface area contributed by atoms with Gasteiger partial charge in [-0.1, -0.05) is 6.07 Å². The lowest BCUT2D eigenvalue weighted by Crippen LogP contribution is -2.42. The molecular formula is C13H15NO3S. The zero-order valence-corrected chi connectivity index (χ0v) is 10.9. The molecule has 96 valence electrons. The van der Waals surface area contributed by atoms with Crippen LogP contribution in [-0.4, -0.2) is 30.0 Å². The van der Waals surface area contributed by atoms with Gasteiger partial charge in [-0.05, 0) is 36.1 Å². The third-order valence-corrected chi connectivity index (χ3v) is 5.24. The summed E-state index contributed by atoms with van der Waals surface area (Å²) < 4.78 is 5.26. The Labute approximate surface area is 110 Å². The molecule has 18 heavy (non-hydrogen) atoms. The summed E-state index contributed by atoms with van der Waals surface area (Å²) in [5, 5.41) is 12.4. The van der Waals surface area contributed by atoms with Gasteiger partial charge < -0.3 is 9.84 Å². The van der Waals surface area contributed by atoms with Crippen LogP contribution in [-0.2, 0) is 16.1 Å². The van der Waals surface area contributed by atoms with Crippen molar-refractivity contribution in [1.29, 1.82) is 0 Å². The number of benzene rings is 1. The molecule has 2 unspecified atom stereocenters. The predicted molar refractivity (Wildman–Crippen MR) is 70.0 cm³/mol. The van der Waals surface area contributed by atoms with Crippen molar-refractivity contribution in [2.75, 3.05) is 12.9 Å². The standard InChI is InChI=1S/C13H15NO3S/c1-17-9-3-2-8-4-5-13(10(8)6-9)14-11(7-18-13)12(15)16/h2-3,6,11,14H,4-5,7H2,1H3,(H,15,16). The van der Waals surface area contributed by atoms with Crippen LogP contribution in [0.2, 0.25) is 0 Å². The number of thioether (sulfide) groups is 1. The number of carboxylic acid groups (broad SMARTS) is 1. The molecule has 1 heterocycles. The fourth-order valence-corrected chi connectivity index (χ4v) is 4.24. The summed E-state index contributed by atoms with van der Waals surface area (Å²) in [5.41, 5.74) is 2.48. The third-order valence-electron chi connectivity index (χ3n) is 3.70. The number of aliphatic carboxylic acids is 1. The van der Waals surface area contributed by atoms with Gasteiger partial charge in [-0.25, -0.2) is 0 Å². The Kier molecular flexibility index (Phi) is 2.75. The molecule has 4 nitrogen and oxygen atoms in total. The summed E-state index contributed by atoms with van der Waals surface area (Å²) in [5.74, 6) is 0.679. The van der Waals surface area contributed by atoms with Crippen LogP contribution in [0.25, 0.3) is 0 Å².